The van der Waals surface area contributed by atoms with Gasteiger partial charge in [0.1, 0.15) is 5.75 Å². The predicted molar refractivity (Wildman–Crippen MR) is 160 cm³/mol. The van der Waals surface area contributed by atoms with Crippen LogP contribution in [0.5, 0.6) is 5.75 Å². The molecule has 1 radical (unpaired) electrons. The highest BCUT2D eigenvalue weighted by molar-refractivity contribution is 5.83. The SMILES string of the molecule is [CH2]C(Cc1cn(Cc2ccc3ccccc3c2)nn1)(N(C(=O)O)C1CCCCC1)C1(c2cccc(OC)c2)C=NN=N1. The largest absolute Gasteiger partial charge is 0.497 e. The Hall–Kier alpha value is -4.60. The van der Waals surface area contributed by atoms with E-state index in [4.69, 9.17) is 4.74 Å². The molecule has 0 saturated heterocycles. The van der Waals surface area contributed by atoms with Crippen molar-refractivity contribution in [3.05, 3.63) is 96.7 Å². The Balaban J connectivity index is 1.40. The van der Waals surface area contributed by atoms with Crippen LogP contribution >= 0.6 is 0 Å². The molecule has 1 aromatic heterocycles. The molecule has 2 atom stereocenters. The molecule has 1 fully saturated rings. The van der Waals surface area contributed by atoms with Crippen molar-refractivity contribution in [2.45, 2.75) is 62.2 Å². The maximum atomic E-state index is 13.1. The Morgan fingerprint density at radius 2 is 1.90 bits per heavy atom. The van der Waals surface area contributed by atoms with Crippen molar-refractivity contribution in [2.75, 3.05) is 7.11 Å². The maximum Gasteiger partial charge on any atom is 0.408 e. The fourth-order valence-electron chi connectivity index (χ4n) is 6.46. The third-order valence-electron chi connectivity index (χ3n) is 8.54. The first-order valence-electron chi connectivity index (χ1n) is 14.3. The summed E-state index contributed by atoms with van der Waals surface area (Å²) in [5, 5.41) is 34.7. The molecular weight excluding hydrogens is 530 g/mol. The van der Waals surface area contributed by atoms with Gasteiger partial charge in [0.15, 0.2) is 5.54 Å². The van der Waals surface area contributed by atoms with Gasteiger partial charge in [0.25, 0.3) is 0 Å². The van der Waals surface area contributed by atoms with Gasteiger partial charge in [-0.25, -0.2) is 9.48 Å². The maximum absolute atomic E-state index is 13.1. The van der Waals surface area contributed by atoms with Crippen molar-refractivity contribution in [1.29, 1.82) is 0 Å². The molecule has 1 N–H and O–H groups in total. The van der Waals surface area contributed by atoms with Gasteiger partial charge in [-0.05, 0) is 65.1 Å². The van der Waals surface area contributed by atoms with Crippen LogP contribution in [0.2, 0.25) is 0 Å². The number of fused-ring (bicyclic) bond motifs is 1. The molecule has 1 amide bonds. The number of carbonyl (C=O) groups is 1. The lowest BCUT2D eigenvalue weighted by molar-refractivity contribution is 0.0274. The molecule has 0 spiro atoms. The fraction of sp³-hybridized carbons (Fsp3) is 0.344. The Morgan fingerprint density at radius 1 is 1.10 bits per heavy atom. The average Bonchev–Trinajstić information content (AvgIpc) is 3.68. The highest BCUT2D eigenvalue weighted by Gasteiger charge is 2.58. The van der Waals surface area contributed by atoms with Gasteiger partial charge in [0.05, 0.1) is 31.1 Å². The van der Waals surface area contributed by atoms with Gasteiger partial charge in [-0.15, -0.1) is 15.3 Å². The minimum atomic E-state index is -1.37. The van der Waals surface area contributed by atoms with E-state index in [0.29, 0.717) is 23.6 Å². The number of aromatic nitrogens is 3. The molecule has 2 aliphatic rings. The minimum Gasteiger partial charge on any atom is -0.497 e. The summed E-state index contributed by atoms with van der Waals surface area (Å²) < 4.78 is 7.28. The Bertz CT molecular complexity index is 1630. The molecule has 1 aliphatic carbocycles. The lowest BCUT2D eigenvalue weighted by atomic mass is 9.69. The zero-order chi connectivity index (χ0) is 29.2. The summed E-state index contributed by atoms with van der Waals surface area (Å²) in [5.41, 5.74) is -0.303. The molecule has 10 nitrogen and oxygen atoms in total. The summed E-state index contributed by atoms with van der Waals surface area (Å²) in [5.74, 6) is 0.616. The van der Waals surface area contributed by atoms with Gasteiger partial charge in [0, 0.05) is 18.7 Å². The van der Waals surface area contributed by atoms with Crippen molar-refractivity contribution < 1.29 is 14.6 Å². The highest BCUT2D eigenvalue weighted by Crippen LogP contribution is 2.46. The summed E-state index contributed by atoms with van der Waals surface area (Å²) in [6.45, 7) is 5.18. The van der Waals surface area contributed by atoms with Gasteiger partial charge >= 0.3 is 6.09 Å². The summed E-state index contributed by atoms with van der Waals surface area (Å²) in [6.07, 6.45) is 7.04. The van der Waals surface area contributed by atoms with Gasteiger partial charge in [-0.1, -0.05) is 73.0 Å². The summed E-state index contributed by atoms with van der Waals surface area (Å²) in [7, 11) is 1.59. The van der Waals surface area contributed by atoms with E-state index in [1.165, 1.54) is 10.3 Å². The normalized spacial score (nSPS) is 20.0. The monoisotopic (exact) mass is 564 g/mol. The molecule has 1 aliphatic heterocycles. The van der Waals surface area contributed by atoms with E-state index >= 15 is 0 Å². The molecule has 4 aromatic rings. The van der Waals surface area contributed by atoms with Crippen molar-refractivity contribution in [1.82, 2.24) is 19.9 Å². The third kappa shape index (κ3) is 5.01. The summed E-state index contributed by atoms with van der Waals surface area (Å²) in [6, 6.07) is 21.7. The Kier molecular flexibility index (Phi) is 7.45. The summed E-state index contributed by atoms with van der Waals surface area (Å²) in [4.78, 5) is 14.6. The second-order valence-corrected chi connectivity index (χ2v) is 11.2. The van der Waals surface area contributed by atoms with Crippen LogP contribution in [-0.4, -0.2) is 56.0 Å². The van der Waals surface area contributed by atoms with Crippen LogP contribution in [0, 0.1) is 6.92 Å². The van der Waals surface area contributed by atoms with Crippen LogP contribution in [0.3, 0.4) is 0 Å². The fourth-order valence-corrected chi connectivity index (χ4v) is 6.46. The van der Waals surface area contributed by atoms with E-state index in [0.717, 1.165) is 43.1 Å². The number of ether oxygens (including phenoxy) is 1. The van der Waals surface area contributed by atoms with Crippen molar-refractivity contribution in [3.8, 4) is 5.75 Å². The topological polar surface area (TPSA) is 118 Å². The number of carboxylic acid groups (broad SMARTS) is 1. The predicted octanol–water partition coefficient (Wildman–Crippen LogP) is 6.26. The van der Waals surface area contributed by atoms with Crippen LogP contribution in [0.4, 0.5) is 4.79 Å². The first-order chi connectivity index (χ1) is 20.4. The van der Waals surface area contributed by atoms with Crippen LogP contribution in [0.25, 0.3) is 10.8 Å². The quantitative estimate of drug-likeness (QED) is 0.257. The average molecular weight is 565 g/mol. The molecule has 42 heavy (non-hydrogen) atoms. The van der Waals surface area contributed by atoms with Crippen LogP contribution < -0.4 is 4.74 Å². The number of rotatable bonds is 9. The lowest BCUT2D eigenvalue weighted by Gasteiger charge is -2.51. The Labute approximate surface area is 244 Å². The molecule has 0 bridgehead atoms. The second-order valence-electron chi connectivity index (χ2n) is 11.2. The first kappa shape index (κ1) is 27.6. The van der Waals surface area contributed by atoms with Gasteiger partial charge < -0.3 is 9.84 Å². The van der Waals surface area contributed by atoms with Gasteiger partial charge in [0.2, 0.25) is 0 Å². The zero-order valence-corrected chi connectivity index (χ0v) is 23.6. The molecule has 2 heterocycles. The molecule has 2 unspecified atom stereocenters. The van der Waals surface area contributed by atoms with E-state index in [2.05, 4.69) is 63.0 Å². The van der Waals surface area contributed by atoms with E-state index < -0.39 is 17.2 Å². The van der Waals surface area contributed by atoms with Crippen molar-refractivity contribution in [3.63, 3.8) is 0 Å². The lowest BCUT2D eigenvalue weighted by Crippen LogP contribution is -2.66. The van der Waals surface area contributed by atoms with E-state index in [-0.39, 0.29) is 12.5 Å². The molecular formula is C32H34N7O3. The number of methoxy groups -OCH3 is 1. The van der Waals surface area contributed by atoms with Gasteiger partial charge in [-0.3, -0.25) is 4.90 Å². The van der Waals surface area contributed by atoms with Crippen molar-refractivity contribution >= 4 is 23.1 Å². The summed E-state index contributed by atoms with van der Waals surface area (Å²) >= 11 is 0. The minimum absolute atomic E-state index is 0.149. The first-order valence-corrected chi connectivity index (χ1v) is 14.3. The molecule has 10 heteroatoms. The number of nitrogens with zero attached hydrogens (tertiary/aromatic N) is 7. The molecule has 3 aromatic carbocycles. The second kappa shape index (κ2) is 11.3. The van der Waals surface area contributed by atoms with E-state index in [1.54, 1.807) is 18.0 Å². The molecule has 1 saturated carbocycles. The highest BCUT2D eigenvalue weighted by atomic mass is 16.5. The molecule has 6 rings (SSSR count). The van der Waals surface area contributed by atoms with E-state index in [9.17, 15) is 9.90 Å². The van der Waals surface area contributed by atoms with Crippen LogP contribution in [-0.2, 0) is 18.5 Å². The number of hydrogen-bond donors (Lipinski definition) is 1. The van der Waals surface area contributed by atoms with Crippen LogP contribution in [0.1, 0.15) is 48.9 Å². The number of hydrogen-bond acceptors (Lipinski definition) is 7. The smallest absolute Gasteiger partial charge is 0.408 e. The third-order valence-corrected chi connectivity index (χ3v) is 8.54. The Morgan fingerprint density at radius 3 is 2.64 bits per heavy atom. The number of amides is 1. The number of benzene rings is 3. The standard InChI is InChI=1S/C32H34N7O3/c1-31(39(30(40)41)28-12-4-3-5-13-28,32(22-33-36-35-32)26-11-8-14-29(18-26)42-2)19-27-21-38(37-34-27)20-23-15-16-24-9-6-7-10-25(24)17-23/h6-11,14-18,21-22,28H,1,3-5,12-13,19-20H2,2H3,(H,40,41). The van der Waals surface area contributed by atoms with E-state index in [1.807, 2.05) is 42.6 Å². The molecule has 215 valence electrons. The van der Waals surface area contributed by atoms with Crippen molar-refractivity contribution in [2.24, 2.45) is 15.4 Å². The van der Waals surface area contributed by atoms with Gasteiger partial charge in [-0.2, -0.15) is 0 Å². The zero-order valence-electron chi connectivity index (χ0n) is 23.6. The van der Waals surface area contributed by atoms with Crippen LogP contribution in [0.15, 0.2) is 88.4 Å².